The molecule has 0 bridgehead atoms. The quantitative estimate of drug-likeness (QED) is 0.879. The summed E-state index contributed by atoms with van der Waals surface area (Å²) in [5, 5.41) is 14.6. The second-order valence-corrected chi connectivity index (χ2v) is 5.63. The highest BCUT2D eigenvalue weighted by atomic mass is 16.5. The largest absolute Gasteiger partial charge is 0.389 e. The van der Waals surface area contributed by atoms with Gasteiger partial charge in [-0.25, -0.2) is 0 Å². The van der Waals surface area contributed by atoms with Crippen molar-refractivity contribution < 1.29 is 9.63 Å². The summed E-state index contributed by atoms with van der Waals surface area (Å²) in [5.41, 5.74) is -0.654. The smallest absolute Gasteiger partial charge is 0.229 e. The van der Waals surface area contributed by atoms with Gasteiger partial charge in [-0.15, -0.1) is 0 Å². The minimum atomic E-state index is -0.654. The number of rotatable bonds is 3. The van der Waals surface area contributed by atoms with E-state index in [-0.39, 0.29) is 5.92 Å². The van der Waals surface area contributed by atoms with E-state index in [9.17, 15) is 5.11 Å². The van der Waals surface area contributed by atoms with Crippen LogP contribution in [0.15, 0.2) is 4.52 Å². The first-order chi connectivity index (χ1) is 8.01. The average molecular weight is 238 g/mol. The molecule has 0 spiro atoms. The molecule has 1 aromatic rings. The monoisotopic (exact) mass is 238 g/mol. The summed E-state index contributed by atoms with van der Waals surface area (Å²) in [6.45, 7) is 6.18. The number of aromatic nitrogens is 2. The van der Waals surface area contributed by atoms with Crippen molar-refractivity contribution in [2.45, 2.75) is 64.4 Å². The van der Waals surface area contributed by atoms with Crippen LogP contribution in [0, 0.1) is 5.92 Å². The van der Waals surface area contributed by atoms with E-state index < -0.39 is 5.60 Å². The third-order valence-corrected chi connectivity index (χ3v) is 3.87. The molecule has 0 amide bonds. The van der Waals surface area contributed by atoms with Gasteiger partial charge in [0.25, 0.3) is 0 Å². The molecule has 0 aliphatic heterocycles. The van der Waals surface area contributed by atoms with Gasteiger partial charge in [0.05, 0.1) is 12.0 Å². The number of hydrogen-bond donors (Lipinski definition) is 1. The van der Waals surface area contributed by atoms with Crippen LogP contribution < -0.4 is 0 Å². The maximum atomic E-state index is 10.6. The summed E-state index contributed by atoms with van der Waals surface area (Å²) in [4.78, 5) is 4.35. The molecule has 2 atom stereocenters. The van der Waals surface area contributed by atoms with Crippen molar-refractivity contribution in [2.24, 2.45) is 5.92 Å². The summed E-state index contributed by atoms with van der Waals surface area (Å²) >= 11 is 0. The van der Waals surface area contributed by atoms with Crippen LogP contribution in [0.1, 0.15) is 64.1 Å². The molecule has 1 heterocycles. The molecule has 17 heavy (non-hydrogen) atoms. The summed E-state index contributed by atoms with van der Waals surface area (Å²) in [7, 11) is 0. The van der Waals surface area contributed by atoms with E-state index in [4.69, 9.17) is 4.52 Å². The van der Waals surface area contributed by atoms with E-state index in [1.54, 1.807) is 0 Å². The molecule has 2 rings (SSSR count). The fourth-order valence-electron chi connectivity index (χ4n) is 2.50. The van der Waals surface area contributed by atoms with Crippen LogP contribution in [-0.2, 0) is 6.42 Å². The van der Waals surface area contributed by atoms with E-state index in [2.05, 4.69) is 17.1 Å². The standard InChI is InChI=1S/C13H22N2O2/c1-9(2)12-14-11(17-15-12)8-13(16)7-5-4-6-10(13)3/h9-10,16H,4-8H2,1-3H3. The molecule has 4 nitrogen and oxygen atoms in total. The molecule has 2 unspecified atom stereocenters. The topological polar surface area (TPSA) is 59.2 Å². The first-order valence-corrected chi connectivity index (χ1v) is 6.56. The molecule has 1 saturated carbocycles. The number of nitrogens with zero attached hydrogens (tertiary/aromatic N) is 2. The van der Waals surface area contributed by atoms with Crippen molar-refractivity contribution in [3.8, 4) is 0 Å². The molecule has 1 aliphatic carbocycles. The summed E-state index contributed by atoms with van der Waals surface area (Å²) in [5.74, 6) is 1.88. The van der Waals surface area contributed by atoms with Crippen LogP contribution in [0.25, 0.3) is 0 Å². The second kappa shape index (κ2) is 4.77. The third-order valence-electron chi connectivity index (χ3n) is 3.87. The molecule has 0 aromatic carbocycles. The third kappa shape index (κ3) is 2.68. The Kier molecular flexibility index (Phi) is 3.52. The van der Waals surface area contributed by atoms with Crippen molar-refractivity contribution in [3.63, 3.8) is 0 Å². The van der Waals surface area contributed by atoms with Crippen molar-refractivity contribution in [1.29, 1.82) is 0 Å². The van der Waals surface area contributed by atoms with Crippen LogP contribution in [0.5, 0.6) is 0 Å². The van der Waals surface area contributed by atoms with E-state index >= 15 is 0 Å². The van der Waals surface area contributed by atoms with Gasteiger partial charge >= 0.3 is 0 Å². The molecular formula is C13H22N2O2. The molecule has 4 heteroatoms. The summed E-state index contributed by atoms with van der Waals surface area (Å²) in [6.07, 6.45) is 4.72. The minimum Gasteiger partial charge on any atom is -0.389 e. The van der Waals surface area contributed by atoms with Gasteiger partial charge in [0.15, 0.2) is 5.82 Å². The Labute approximate surface area is 102 Å². The van der Waals surface area contributed by atoms with E-state index in [1.807, 2.05) is 13.8 Å². The number of hydrogen-bond acceptors (Lipinski definition) is 4. The molecule has 1 aromatic heterocycles. The summed E-state index contributed by atoms with van der Waals surface area (Å²) in [6, 6.07) is 0. The van der Waals surface area contributed by atoms with E-state index in [1.165, 1.54) is 6.42 Å². The van der Waals surface area contributed by atoms with Gasteiger partial charge in [0, 0.05) is 5.92 Å². The van der Waals surface area contributed by atoms with Gasteiger partial charge in [-0.05, 0) is 18.8 Å². The first kappa shape index (κ1) is 12.6. The molecular weight excluding hydrogens is 216 g/mol. The lowest BCUT2D eigenvalue weighted by atomic mass is 9.74. The van der Waals surface area contributed by atoms with E-state index in [0.717, 1.165) is 25.1 Å². The Hall–Kier alpha value is -0.900. The molecule has 1 aliphatic rings. The molecule has 0 radical (unpaired) electrons. The lowest BCUT2D eigenvalue weighted by Crippen LogP contribution is -2.41. The molecule has 1 fully saturated rings. The second-order valence-electron chi connectivity index (χ2n) is 5.63. The average Bonchev–Trinajstić information content (AvgIpc) is 2.71. The lowest BCUT2D eigenvalue weighted by Gasteiger charge is -2.37. The van der Waals surface area contributed by atoms with Gasteiger partial charge in [-0.2, -0.15) is 4.98 Å². The minimum absolute atomic E-state index is 0.269. The van der Waals surface area contributed by atoms with E-state index in [0.29, 0.717) is 18.2 Å². The Balaban J connectivity index is 2.08. The van der Waals surface area contributed by atoms with Crippen LogP contribution in [0.3, 0.4) is 0 Å². The van der Waals surface area contributed by atoms with Crippen LogP contribution in [-0.4, -0.2) is 20.8 Å². The normalized spacial score (nSPS) is 29.8. The zero-order valence-corrected chi connectivity index (χ0v) is 10.9. The van der Waals surface area contributed by atoms with Crippen molar-refractivity contribution in [3.05, 3.63) is 11.7 Å². The Morgan fingerprint density at radius 1 is 1.47 bits per heavy atom. The highest BCUT2D eigenvalue weighted by molar-refractivity contribution is 4.99. The molecule has 1 N–H and O–H groups in total. The van der Waals surface area contributed by atoms with Crippen LogP contribution in [0.4, 0.5) is 0 Å². The maximum absolute atomic E-state index is 10.6. The predicted octanol–water partition coefficient (Wildman–Crippen LogP) is 2.68. The molecule has 96 valence electrons. The highest BCUT2D eigenvalue weighted by Crippen LogP contribution is 2.35. The van der Waals surface area contributed by atoms with Crippen molar-refractivity contribution >= 4 is 0 Å². The molecule has 0 saturated heterocycles. The van der Waals surface area contributed by atoms with Crippen molar-refractivity contribution in [1.82, 2.24) is 10.1 Å². The fraction of sp³-hybridized carbons (Fsp3) is 0.846. The van der Waals surface area contributed by atoms with Gasteiger partial charge in [0.1, 0.15) is 0 Å². The predicted molar refractivity (Wildman–Crippen MR) is 64.7 cm³/mol. The van der Waals surface area contributed by atoms with Crippen LogP contribution >= 0.6 is 0 Å². The Bertz CT molecular complexity index is 375. The Morgan fingerprint density at radius 3 is 2.82 bits per heavy atom. The van der Waals surface area contributed by atoms with Gasteiger partial charge < -0.3 is 9.63 Å². The highest BCUT2D eigenvalue weighted by Gasteiger charge is 2.37. The maximum Gasteiger partial charge on any atom is 0.229 e. The van der Waals surface area contributed by atoms with Crippen molar-refractivity contribution in [2.75, 3.05) is 0 Å². The van der Waals surface area contributed by atoms with Gasteiger partial charge in [-0.3, -0.25) is 0 Å². The lowest BCUT2D eigenvalue weighted by molar-refractivity contribution is -0.0456. The zero-order chi connectivity index (χ0) is 12.5. The van der Waals surface area contributed by atoms with Gasteiger partial charge in [0.2, 0.25) is 5.89 Å². The van der Waals surface area contributed by atoms with Crippen LogP contribution in [0.2, 0.25) is 0 Å². The van der Waals surface area contributed by atoms with Gasteiger partial charge in [-0.1, -0.05) is 38.8 Å². The number of aliphatic hydroxyl groups is 1. The first-order valence-electron chi connectivity index (χ1n) is 6.56. The fourth-order valence-corrected chi connectivity index (χ4v) is 2.50. The zero-order valence-electron chi connectivity index (χ0n) is 10.9. The SMILES string of the molecule is CC(C)c1noc(CC2(O)CCCCC2C)n1. The Morgan fingerprint density at radius 2 is 2.24 bits per heavy atom. The summed E-state index contributed by atoms with van der Waals surface area (Å²) < 4.78 is 5.22.